The standard InChI is InChI=1S/C12H15N3/c1-2-15-6-5-10-9(8-15)3-4-12(14)11(10)7-13/h3-4H,2,5-6,8,14H2,1H3. The number of fused-ring (bicyclic) bond motifs is 1. The fourth-order valence-corrected chi connectivity index (χ4v) is 2.13. The molecule has 15 heavy (non-hydrogen) atoms. The molecule has 0 spiro atoms. The van der Waals surface area contributed by atoms with Crippen molar-refractivity contribution in [2.75, 3.05) is 18.8 Å². The molecule has 0 saturated carbocycles. The molecule has 1 aromatic rings. The molecule has 3 heteroatoms. The normalized spacial score (nSPS) is 15.7. The summed E-state index contributed by atoms with van der Waals surface area (Å²) in [4.78, 5) is 2.37. The molecule has 1 aliphatic heterocycles. The van der Waals surface area contributed by atoms with Gasteiger partial charge in [-0.2, -0.15) is 5.26 Å². The van der Waals surface area contributed by atoms with Crippen molar-refractivity contribution in [3.63, 3.8) is 0 Å². The van der Waals surface area contributed by atoms with E-state index in [1.165, 1.54) is 5.56 Å². The minimum atomic E-state index is 0.612. The molecular weight excluding hydrogens is 186 g/mol. The van der Waals surface area contributed by atoms with Gasteiger partial charge in [-0.05, 0) is 30.2 Å². The number of nitriles is 1. The molecule has 2 N–H and O–H groups in total. The van der Waals surface area contributed by atoms with Crippen LogP contribution in [-0.2, 0) is 13.0 Å². The van der Waals surface area contributed by atoms with Gasteiger partial charge in [0.15, 0.2) is 0 Å². The Labute approximate surface area is 90.1 Å². The number of nitrogen functional groups attached to an aromatic ring is 1. The highest BCUT2D eigenvalue weighted by Crippen LogP contribution is 2.25. The van der Waals surface area contributed by atoms with Crippen molar-refractivity contribution in [2.45, 2.75) is 19.9 Å². The van der Waals surface area contributed by atoms with Gasteiger partial charge in [-0.3, -0.25) is 4.90 Å². The van der Waals surface area contributed by atoms with E-state index >= 15 is 0 Å². The zero-order valence-electron chi connectivity index (χ0n) is 8.95. The van der Waals surface area contributed by atoms with Crippen LogP contribution in [0.5, 0.6) is 0 Å². The lowest BCUT2D eigenvalue weighted by Gasteiger charge is -2.28. The maximum absolute atomic E-state index is 9.05. The summed E-state index contributed by atoms with van der Waals surface area (Å²) in [5, 5.41) is 9.05. The Kier molecular flexibility index (Phi) is 2.61. The summed E-state index contributed by atoms with van der Waals surface area (Å²) in [7, 11) is 0. The van der Waals surface area contributed by atoms with Crippen LogP contribution in [0.25, 0.3) is 0 Å². The van der Waals surface area contributed by atoms with Crippen molar-refractivity contribution in [1.82, 2.24) is 4.90 Å². The third-order valence-corrected chi connectivity index (χ3v) is 3.07. The van der Waals surface area contributed by atoms with Crippen molar-refractivity contribution in [3.05, 3.63) is 28.8 Å². The molecule has 0 amide bonds. The Morgan fingerprint density at radius 3 is 3.00 bits per heavy atom. The second kappa shape index (κ2) is 3.92. The van der Waals surface area contributed by atoms with Crippen LogP contribution in [-0.4, -0.2) is 18.0 Å². The highest BCUT2D eigenvalue weighted by Gasteiger charge is 2.18. The third-order valence-electron chi connectivity index (χ3n) is 3.07. The summed E-state index contributed by atoms with van der Waals surface area (Å²) in [6.07, 6.45) is 0.942. The largest absolute Gasteiger partial charge is 0.398 e. The minimum Gasteiger partial charge on any atom is -0.398 e. The number of anilines is 1. The molecule has 1 aromatic carbocycles. The molecular formula is C12H15N3. The number of hydrogen-bond donors (Lipinski definition) is 1. The SMILES string of the molecule is CCN1CCc2c(ccc(N)c2C#N)C1. The van der Waals surface area contributed by atoms with Crippen molar-refractivity contribution in [2.24, 2.45) is 0 Å². The summed E-state index contributed by atoms with van der Waals surface area (Å²) in [6, 6.07) is 6.11. The van der Waals surface area contributed by atoms with Gasteiger partial charge < -0.3 is 5.73 Å². The number of rotatable bonds is 1. The Morgan fingerprint density at radius 2 is 2.33 bits per heavy atom. The zero-order valence-corrected chi connectivity index (χ0v) is 8.95. The van der Waals surface area contributed by atoms with Gasteiger partial charge in [0.25, 0.3) is 0 Å². The zero-order chi connectivity index (χ0) is 10.8. The monoisotopic (exact) mass is 201 g/mol. The maximum atomic E-state index is 9.05. The fraction of sp³-hybridized carbons (Fsp3) is 0.417. The highest BCUT2D eigenvalue weighted by molar-refractivity contribution is 5.60. The Balaban J connectivity index is 2.43. The molecule has 0 fully saturated rings. The molecule has 0 aliphatic carbocycles. The number of nitrogens with two attached hydrogens (primary N) is 1. The molecule has 0 bridgehead atoms. The first-order valence-electron chi connectivity index (χ1n) is 5.29. The lowest BCUT2D eigenvalue weighted by atomic mass is 9.94. The van der Waals surface area contributed by atoms with Crippen LogP contribution in [0, 0.1) is 11.3 Å². The van der Waals surface area contributed by atoms with Gasteiger partial charge in [-0.15, -0.1) is 0 Å². The summed E-state index contributed by atoms with van der Waals surface area (Å²) < 4.78 is 0. The molecule has 1 heterocycles. The van der Waals surface area contributed by atoms with Crippen LogP contribution in [0.2, 0.25) is 0 Å². The molecule has 3 nitrogen and oxygen atoms in total. The van der Waals surface area contributed by atoms with Gasteiger partial charge >= 0.3 is 0 Å². The molecule has 0 aromatic heterocycles. The maximum Gasteiger partial charge on any atom is 0.102 e. The Morgan fingerprint density at radius 1 is 1.53 bits per heavy atom. The van der Waals surface area contributed by atoms with E-state index in [0.717, 1.165) is 31.6 Å². The Hall–Kier alpha value is -1.53. The number of hydrogen-bond acceptors (Lipinski definition) is 3. The first kappa shape index (κ1) is 10.0. The molecule has 0 radical (unpaired) electrons. The Bertz CT molecular complexity index is 418. The summed E-state index contributed by atoms with van der Waals surface area (Å²) in [5.41, 5.74) is 9.49. The van der Waals surface area contributed by atoms with Crippen molar-refractivity contribution < 1.29 is 0 Å². The van der Waals surface area contributed by atoms with Gasteiger partial charge in [-0.1, -0.05) is 13.0 Å². The van der Waals surface area contributed by atoms with Crippen molar-refractivity contribution >= 4 is 5.69 Å². The van der Waals surface area contributed by atoms with E-state index in [2.05, 4.69) is 17.9 Å². The molecule has 0 saturated heterocycles. The number of benzene rings is 1. The predicted molar refractivity (Wildman–Crippen MR) is 60.2 cm³/mol. The van der Waals surface area contributed by atoms with Crippen molar-refractivity contribution in [3.8, 4) is 6.07 Å². The minimum absolute atomic E-state index is 0.612. The summed E-state index contributed by atoms with van der Waals surface area (Å²) >= 11 is 0. The van der Waals surface area contributed by atoms with Crippen LogP contribution in [0.15, 0.2) is 12.1 Å². The van der Waals surface area contributed by atoms with E-state index in [1.54, 1.807) is 0 Å². The second-order valence-corrected chi connectivity index (χ2v) is 3.90. The average molecular weight is 201 g/mol. The predicted octanol–water partition coefficient (Wildman–Crippen LogP) is 1.52. The number of likely N-dealkylation sites (N-methyl/N-ethyl adjacent to an activating group) is 1. The molecule has 1 aliphatic rings. The van der Waals surface area contributed by atoms with E-state index in [9.17, 15) is 0 Å². The average Bonchev–Trinajstić information content (AvgIpc) is 2.28. The van der Waals surface area contributed by atoms with E-state index < -0.39 is 0 Å². The quantitative estimate of drug-likeness (QED) is 0.701. The first-order chi connectivity index (χ1) is 7.26. The van der Waals surface area contributed by atoms with E-state index in [0.29, 0.717) is 11.3 Å². The van der Waals surface area contributed by atoms with Crippen LogP contribution >= 0.6 is 0 Å². The second-order valence-electron chi connectivity index (χ2n) is 3.90. The van der Waals surface area contributed by atoms with E-state index in [4.69, 9.17) is 11.0 Å². The van der Waals surface area contributed by atoms with Crippen LogP contribution in [0.3, 0.4) is 0 Å². The van der Waals surface area contributed by atoms with Gasteiger partial charge in [-0.25, -0.2) is 0 Å². The summed E-state index contributed by atoms with van der Waals surface area (Å²) in [6.45, 7) is 5.20. The lowest BCUT2D eigenvalue weighted by Crippen LogP contribution is -2.30. The van der Waals surface area contributed by atoms with Crippen LogP contribution < -0.4 is 5.73 Å². The molecule has 78 valence electrons. The lowest BCUT2D eigenvalue weighted by molar-refractivity contribution is 0.268. The van der Waals surface area contributed by atoms with Crippen LogP contribution in [0.4, 0.5) is 5.69 Å². The highest BCUT2D eigenvalue weighted by atomic mass is 15.1. The van der Waals surface area contributed by atoms with Gasteiger partial charge in [0.1, 0.15) is 6.07 Å². The van der Waals surface area contributed by atoms with Crippen LogP contribution in [0.1, 0.15) is 23.6 Å². The van der Waals surface area contributed by atoms with Gasteiger partial charge in [0, 0.05) is 18.8 Å². The van der Waals surface area contributed by atoms with Gasteiger partial charge in [0.2, 0.25) is 0 Å². The van der Waals surface area contributed by atoms with E-state index in [-0.39, 0.29) is 0 Å². The fourth-order valence-electron chi connectivity index (χ4n) is 2.13. The molecule has 2 rings (SSSR count). The topological polar surface area (TPSA) is 53.0 Å². The summed E-state index contributed by atoms with van der Waals surface area (Å²) in [5.74, 6) is 0. The first-order valence-corrected chi connectivity index (χ1v) is 5.29. The molecule has 0 unspecified atom stereocenters. The van der Waals surface area contributed by atoms with Crippen molar-refractivity contribution in [1.29, 1.82) is 5.26 Å². The molecule has 0 atom stereocenters. The van der Waals surface area contributed by atoms with E-state index in [1.807, 2.05) is 12.1 Å². The smallest absolute Gasteiger partial charge is 0.102 e. The third kappa shape index (κ3) is 1.69. The van der Waals surface area contributed by atoms with Gasteiger partial charge in [0.05, 0.1) is 5.56 Å². The number of nitrogens with zero attached hydrogens (tertiary/aromatic N) is 2.